The summed E-state index contributed by atoms with van der Waals surface area (Å²) in [5, 5.41) is 8.31. The zero-order valence-electron chi connectivity index (χ0n) is 5.81. The van der Waals surface area contributed by atoms with Crippen molar-refractivity contribution in [3.05, 3.63) is 0 Å². The summed E-state index contributed by atoms with van der Waals surface area (Å²) in [5.41, 5.74) is -1.10. The maximum absolute atomic E-state index is 10.5. The van der Waals surface area contributed by atoms with Crippen molar-refractivity contribution in [2.45, 2.75) is 31.7 Å². The van der Waals surface area contributed by atoms with Gasteiger partial charge in [-0.05, 0) is 20.8 Å². The predicted octanol–water partition coefficient (Wildman–Crippen LogP) is 0.954. The lowest BCUT2D eigenvalue weighted by Gasteiger charge is -2.20. The number of hydrogen-bond donors (Lipinski definition) is 1. The van der Waals surface area contributed by atoms with Crippen molar-refractivity contribution < 1.29 is 9.90 Å². The fourth-order valence-electron chi connectivity index (χ4n) is 0.497. The second kappa shape index (κ2) is 2.67. The lowest BCUT2D eigenvalue weighted by Crippen LogP contribution is -2.36. The third-order valence-electron chi connectivity index (χ3n) is 0.977. The first-order valence-electron chi connectivity index (χ1n) is 2.72. The minimum Gasteiger partial charge on any atom is -0.388 e. The van der Waals surface area contributed by atoms with Crippen molar-refractivity contribution in [1.29, 1.82) is 0 Å². The fraction of sp³-hybridized carbons (Fsp3) is 0.833. The molecule has 1 N–H and O–H groups in total. The van der Waals surface area contributed by atoms with Gasteiger partial charge < -0.3 is 5.11 Å². The quantitative estimate of drug-likeness (QED) is 0.596. The van der Waals surface area contributed by atoms with Gasteiger partial charge in [-0.2, -0.15) is 0 Å². The molecule has 1 unspecified atom stereocenters. The van der Waals surface area contributed by atoms with Crippen LogP contribution in [0, 0.1) is 0 Å². The molecule has 54 valence electrons. The lowest BCUT2D eigenvalue weighted by molar-refractivity contribution is -0.120. The van der Waals surface area contributed by atoms with E-state index >= 15 is 0 Å². The molecule has 0 rings (SSSR count). The van der Waals surface area contributed by atoms with Crippen molar-refractivity contribution in [2.75, 3.05) is 0 Å². The molecule has 0 bridgehead atoms. The van der Waals surface area contributed by atoms with Crippen LogP contribution >= 0.6 is 11.6 Å². The van der Waals surface area contributed by atoms with Crippen LogP contribution in [-0.4, -0.2) is 21.9 Å². The van der Waals surface area contributed by atoms with Gasteiger partial charge >= 0.3 is 0 Å². The highest BCUT2D eigenvalue weighted by Gasteiger charge is 2.27. The van der Waals surface area contributed by atoms with Gasteiger partial charge in [-0.3, -0.25) is 4.79 Å². The summed E-state index contributed by atoms with van der Waals surface area (Å²) in [5.74, 6) is -0.204. The smallest absolute Gasteiger partial charge is 0.150 e. The molecule has 1 atom stereocenters. The Morgan fingerprint density at radius 2 is 2.00 bits per heavy atom. The van der Waals surface area contributed by atoms with E-state index in [0.717, 1.165) is 0 Å². The summed E-state index contributed by atoms with van der Waals surface area (Å²) in [7, 11) is 0. The van der Waals surface area contributed by atoms with E-state index in [1.54, 1.807) is 0 Å². The zero-order valence-corrected chi connectivity index (χ0v) is 6.57. The summed E-state index contributed by atoms with van der Waals surface area (Å²) in [6.07, 6.45) is 0. The van der Waals surface area contributed by atoms with Crippen LogP contribution in [0.1, 0.15) is 20.8 Å². The molecule has 0 aromatic heterocycles. The van der Waals surface area contributed by atoms with Gasteiger partial charge in [0.1, 0.15) is 5.38 Å². The first kappa shape index (κ1) is 8.92. The first-order chi connectivity index (χ1) is 3.85. The lowest BCUT2D eigenvalue weighted by atomic mass is 10.0. The fourth-order valence-corrected chi connectivity index (χ4v) is 0.497. The van der Waals surface area contributed by atoms with Gasteiger partial charge in [0.05, 0.1) is 5.60 Å². The Morgan fingerprint density at radius 3 is 2.00 bits per heavy atom. The molecule has 0 aliphatic heterocycles. The number of ketones is 1. The van der Waals surface area contributed by atoms with Crippen LogP contribution in [0.15, 0.2) is 0 Å². The van der Waals surface area contributed by atoms with E-state index in [2.05, 4.69) is 0 Å². The van der Waals surface area contributed by atoms with Gasteiger partial charge in [0, 0.05) is 0 Å². The van der Waals surface area contributed by atoms with E-state index < -0.39 is 11.0 Å². The Labute approximate surface area is 59.8 Å². The highest BCUT2D eigenvalue weighted by molar-refractivity contribution is 6.31. The molecule has 0 heterocycles. The van der Waals surface area contributed by atoms with Crippen LogP contribution in [0.5, 0.6) is 0 Å². The van der Waals surface area contributed by atoms with Gasteiger partial charge in [0.25, 0.3) is 0 Å². The maximum atomic E-state index is 10.5. The number of hydrogen-bond acceptors (Lipinski definition) is 2. The number of halogens is 1. The first-order valence-corrected chi connectivity index (χ1v) is 3.16. The Bertz CT molecular complexity index is 115. The number of alkyl halides is 1. The molecule has 3 heteroatoms. The average Bonchev–Trinajstić information content (AvgIpc) is 1.62. The standard InChI is InChI=1S/C6H11ClO2/c1-4(8)5(7)6(2,3)9/h5,9H,1-3H3. The number of aliphatic hydroxyl groups is 1. The van der Waals surface area contributed by atoms with Crippen molar-refractivity contribution in [3.63, 3.8) is 0 Å². The van der Waals surface area contributed by atoms with Crippen LogP contribution in [0.3, 0.4) is 0 Å². The Kier molecular flexibility index (Phi) is 2.65. The molecule has 0 aromatic carbocycles. The summed E-state index contributed by atoms with van der Waals surface area (Å²) >= 11 is 5.49. The molecular weight excluding hydrogens is 140 g/mol. The van der Waals surface area contributed by atoms with Gasteiger partial charge in [-0.15, -0.1) is 11.6 Å². The van der Waals surface area contributed by atoms with Crippen LogP contribution in [0.2, 0.25) is 0 Å². The second-order valence-corrected chi connectivity index (χ2v) is 3.06. The molecule has 0 aliphatic rings. The van der Waals surface area contributed by atoms with Gasteiger partial charge in [-0.1, -0.05) is 0 Å². The van der Waals surface area contributed by atoms with Crippen molar-refractivity contribution >= 4 is 17.4 Å². The zero-order chi connectivity index (χ0) is 7.65. The SMILES string of the molecule is CC(=O)C(Cl)C(C)(C)O. The van der Waals surface area contributed by atoms with E-state index in [1.807, 2.05) is 0 Å². The minimum atomic E-state index is -1.10. The molecule has 0 fully saturated rings. The largest absolute Gasteiger partial charge is 0.388 e. The summed E-state index contributed by atoms with van der Waals surface area (Å²) in [4.78, 5) is 10.5. The van der Waals surface area contributed by atoms with Gasteiger partial charge in [-0.25, -0.2) is 0 Å². The molecule has 0 saturated carbocycles. The van der Waals surface area contributed by atoms with E-state index in [-0.39, 0.29) is 5.78 Å². The summed E-state index contributed by atoms with van der Waals surface area (Å²) in [6.45, 7) is 4.37. The van der Waals surface area contributed by atoms with Crippen molar-refractivity contribution in [2.24, 2.45) is 0 Å². The van der Waals surface area contributed by atoms with Gasteiger partial charge in [0.15, 0.2) is 5.78 Å². The Morgan fingerprint density at radius 1 is 1.67 bits per heavy atom. The molecule has 9 heavy (non-hydrogen) atoms. The maximum Gasteiger partial charge on any atom is 0.150 e. The van der Waals surface area contributed by atoms with Crippen LogP contribution in [-0.2, 0) is 4.79 Å². The molecule has 0 aromatic rings. The molecule has 0 radical (unpaired) electrons. The highest BCUT2D eigenvalue weighted by atomic mass is 35.5. The number of Topliss-reactive ketones (excluding diaryl/α,β-unsaturated/α-hetero) is 1. The minimum absolute atomic E-state index is 0.204. The van der Waals surface area contributed by atoms with Crippen molar-refractivity contribution in [3.8, 4) is 0 Å². The van der Waals surface area contributed by atoms with Crippen molar-refractivity contribution in [1.82, 2.24) is 0 Å². The Hall–Kier alpha value is -0.0800. The molecule has 0 amide bonds. The number of carbonyl (C=O) groups excluding carboxylic acids is 1. The highest BCUT2D eigenvalue weighted by Crippen LogP contribution is 2.15. The van der Waals surface area contributed by atoms with Crippen LogP contribution in [0.25, 0.3) is 0 Å². The average molecular weight is 151 g/mol. The monoisotopic (exact) mass is 150 g/mol. The topological polar surface area (TPSA) is 37.3 Å². The second-order valence-electron chi connectivity index (χ2n) is 2.63. The third-order valence-corrected chi connectivity index (χ3v) is 1.82. The summed E-state index contributed by atoms with van der Waals surface area (Å²) < 4.78 is 0. The molecule has 0 aliphatic carbocycles. The summed E-state index contributed by atoms with van der Waals surface area (Å²) in [6, 6.07) is 0. The normalized spacial score (nSPS) is 15.2. The predicted molar refractivity (Wildman–Crippen MR) is 36.6 cm³/mol. The van der Waals surface area contributed by atoms with E-state index in [0.29, 0.717) is 0 Å². The van der Waals surface area contributed by atoms with E-state index in [9.17, 15) is 4.79 Å². The Balaban J connectivity index is 4.04. The number of rotatable bonds is 2. The van der Waals surface area contributed by atoms with E-state index in [1.165, 1.54) is 20.8 Å². The molecule has 0 spiro atoms. The van der Waals surface area contributed by atoms with Gasteiger partial charge in [0.2, 0.25) is 0 Å². The van der Waals surface area contributed by atoms with E-state index in [4.69, 9.17) is 16.7 Å². The third kappa shape index (κ3) is 2.82. The molecular formula is C6H11ClO2. The molecule has 0 saturated heterocycles. The number of carbonyl (C=O) groups is 1. The van der Waals surface area contributed by atoms with Crippen LogP contribution in [0.4, 0.5) is 0 Å². The van der Waals surface area contributed by atoms with Crippen LogP contribution < -0.4 is 0 Å². The molecule has 2 nitrogen and oxygen atoms in total.